The van der Waals surface area contributed by atoms with Gasteiger partial charge in [-0.25, -0.2) is 0 Å². The Morgan fingerprint density at radius 2 is 2.40 bits per heavy atom. The lowest BCUT2D eigenvalue weighted by Gasteiger charge is -2.20. The molecule has 15 heavy (non-hydrogen) atoms. The van der Waals surface area contributed by atoms with Gasteiger partial charge in [0.05, 0.1) is 0 Å². The Kier molecular flexibility index (Phi) is 2.78. The van der Waals surface area contributed by atoms with E-state index in [2.05, 4.69) is 22.3 Å². The van der Waals surface area contributed by atoms with Crippen molar-refractivity contribution in [2.24, 2.45) is 5.92 Å². The van der Waals surface area contributed by atoms with E-state index < -0.39 is 0 Å². The minimum atomic E-state index is 0.367. The molecule has 0 bridgehead atoms. The SMILES string of the molecule is CCN(CC1CC1)c1snc(N)c1C#N. The van der Waals surface area contributed by atoms with E-state index >= 15 is 0 Å². The number of anilines is 2. The van der Waals surface area contributed by atoms with E-state index in [4.69, 9.17) is 11.0 Å². The fraction of sp³-hybridized carbons (Fsp3) is 0.600. The summed E-state index contributed by atoms with van der Waals surface area (Å²) in [5, 5.41) is 9.93. The van der Waals surface area contributed by atoms with E-state index in [1.165, 1.54) is 24.4 Å². The van der Waals surface area contributed by atoms with Crippen LogP contribution in [0.5, 0.6) is 0 Å². The zero-order valence-electron chi connectivity index (χ0n) is 8.73. The Bertz CT molecular complexity index is 389. The van der Waals surface area contributed by atoms with Gasteiger partial charge >= 0.3 is 0 Å². The van der Waals surface area contributed by atoms with Gasteiger partial charge in [0.2, 0.25) is 0 Å². The van der Waals surface area contributed by atoms with E-state index in [-0.39, 0.29) is 0 Å². The second kappa shape index (κ2) is 4.07. The molecule has 0 amide bonds. The van der Waals surface area contributed by atoms with Gasteiger partial charge < -0.3 is 10.6 Å². The molecule has 0 aliphatic heterocycles. The average Bonchev–Trinajstić information content (AvgIpc) is 2.98. The smallest absolute Gasteiger partial charge is 0.157 e. The predicted octanol–water partition coefficient (Wildman–Crippen LogP) is 1.83. The van der Waals surface area contributed by atoms with Gasteiger partial charge in [0.1, 0.15) is 16.6 Å². The van der Waals surface area contributed by atoms with Crippen LogP contribution in [-0.4, -0.2) is 17.5 Å². The molecule has 0 radical (unpaired) electrons. The standard InChI is InChI=1S/C10H14N4S/c1-2-14(6-7-3-4-7)10-8(5-11)9(12)13-15-10/h7H,2-4,6H2,1H3,(H2,12,13). The fourth-order valence-electron chi connectivity index (χ4n) is 1.58. The summed E-state index contributed by atoms with van der Waals surface area (Å²) >= 11 is 1.33. The van der Waals surface area contributed by atoms with Crippen molar-refractivity contribution in [3.05, 3.63) is 5.56 Å². The first-order valence-corrected chi connectivity index (χ1v) is 5.93. The first kappa shape index (κ1) is 10.2. The molecular weight excluding hydrogens is 208 g/mol. The summed E-state index contributed by atoms with van der Waals surface area (Å²) in [7, 11) is 0. The Morgan fingerprint density at radius 3 is 2.93 bits per heavy atom. The van der Waals surface area contributed by atoms with Gasteiger partial charge in [-0.1, -0.05) is 0 Å². The summed E-state index contributed by atoms with van der Waals surface area (Å²) in [4.78, 5) is 2.21. The van der Waals surface area contributed by atoms with Crippen LogP contribution in [0.3, 0.4) is 0 Å². The van der Waals surface area contributed by atoms with Gasteiger partial charge in [-0.05, 0) is 37.2 Å². The number of nitrogen functional groups attached to an aromatic ring is 1. The molecular formula is C10H14N4S. The largest absolute Gasteiger partial charge is 0.382 e. The quantitative estimate of drug-likeness (QED) is 0.844. The van der Waals surface area contributed by atoms with E-state index in [1.54, 1.807) is 0 Å². The van der Waals surface area contributed by atoms with Gasteiger partial charge in [0.25, 0.3) is 0 Å². The Labute approximate surface area is 93.5 Å². The number of hydrogen-bond acceptors (Lipinski definition) is 5. The van der Waals surface area contributed by atoms with Crippen molar-refractivity contribution in [3.8, 4) is 6.07 Å². The monoisotopic (exact) mass is 222 g/mol. The van der Waals surface area contributed by atoms with Crippen molar-refractivity contribution >= 4 is 22.4 Å². The van der Waals surface area contributed by atoms with Crippen molar-refractivity contribution in [2.45, 2.75) is 19.8 Å². The number of nitrogens with two attached hydrogens (primary N) is 1. The van der Waals surface area contributed by atoms with Crippen LogP contribution in [0.1, 0.15) is 25.3 Å². The molecule has 1 saturated carbocycles. The molecule has 1 aliphatic rings. The number of aromatic nitrogens is 1. The Balaban J connectivity index is 2.21. The fourth-order valence-corrected chi connectivity index (χ4v) is 2.42. The van der Waals surface area contributed by atoms with Crippen LogP contribution < -0.4 is 10.6 Å². The zero-order chi connectivity index (χ0) is 10.8. The van der Waals surface area contributed by atoms with Crippen molar-refractivity contribution in [1.29, 1.82) is 5.26 Å². The van der Waals surface area contributed by atoms with Gasteiger partial charge in [0.15, 0.2) is 5.82 Å². The molecule has 1 heterocycles. The highest BCUT2D eigenvalue weighted by Crippen LogP contribution is 2.35. The van der Waals surface area contributed by atoms with Crippen LogP contribution in [0.2, 0.25) is 0 Å². The molecule has 2 rings (SSSR count). The number of rotatable bonds is 4. The van der Waals surface area contributed by atoms with Crippen LogP contribution in [0.25, 0.3) is 0 Å². The highest BCUT2D eigenvalue weighted by Gasteiger charge is 2.26. The highest BCUT2D eigenvalue weighted by atomic mass is 32.1. The molecule has 5 heteroatoms. The molecule has 0 atom stereocenters. The first-order chi connectivity index (χ1) is 7.26. The van der Waals surface area contributed by atoms with Gasteiger partial charge in [-0.15, -0.1) is 0 Å². The first-order valence-electron chi connectivity index (χ1n) is 5.16. The van der Waals surface area contributed by atoms with Crippen molar-refractivity contribution < 1.29 is 0 Å². The molecule has 0 unspecified atom stereocenters. The topological polar surface area (TPSA) is 65.9 Å². The minimum absolute atomic E-state index is 0.367. The second-order valence-electron chi connectivity index (χ2n) is 3.84. The highest BCUT2D eigenvalue weighted by molar-refractivity contribution is 7.10. The molecule has 0 spiro atoms. The van der Waals surface area contributed by atoms with E-state index in [9.17, 15) is 0 Å². The maximum Gasteiger partial charge on any atom is 0.157 e. The Hall–Kier alpha value is -1.28. The number of hydrogen-bond donors (Lipinski definition) is 1. The lowest BCUT2D eigenvalue weighted by Crippen LogP contribution is -2.24. The third kappa shape index (κ3) is 2.05. The summed E-state index contributed by atoms with van der Waals surface area (Å²) in [5.74, 6) is 1.17. The summed E-state index contributed by atoms with van der Waals surface area (Å²) in [6, 6.07) is 2.13. The van der Waals surface area contributed by atoms with Crippen molar-refractivity contribution in [3.63, 3.8) is 0 Å². The van der Waals surface area contributed by atoms with Crippen LogP contribution in [0, 0.1) is 17.2 Å². The predicted molar refractivity (Wildman–Crippen MR) is 61.9 cm³/mol. The van der Waals surface area contributed by atoms with Crippen LogP contribution in [0.15, 0.2) is 0 Å². The number of nitrogens with zero attached hydrogens (tertiary/aromatic N) is 3. The second-order valence-corrected chi connectivity index (χ2v) is 4.59. The van der Waals surface area contributed by atoms with E-state index in [1.807, 2.05) is 0 Å². The molecule has 1 aliphatic carbocycles. The van der Waals surface area contributed by atoms with E-state index in [0.717, 1.165) is 24.0 Å². The summed E-state index contributed by atoms with van der Waals surface area (Å²) in [6.45, 7) is 4.04. The van der Waals surface area contributed by atoms with Crippen LogP contribution in [0.4, 0.5) is 10.8 Å². The van der Waals surface area contributed by atoms with Crippen molar-refractivity contribution in [2.75, 3.05) is 23.7 Å². The average molecular weight is 222 g/mol. The summed E-state index contributed by atoms with van der Waals surface area (Å²) < 4.78 is 4.04. The molecule has 80 valence electrons. The molecule has 1 fully saturated rings. The van der Waals surface area contributed by atoms with Crippen LogP contribution in [-0.2, 0) is 0 Å². The minimum Gasteiger partial charge on any atom is -0.382 e. The van der Waals surface area contributed by atoms with Gasteiger partial charge in [-0.2, -0.15) is 9.64 Å². The zero-order valence-corrected chi connectivity index (χ0v) is 9.55. The summed E-state index contributed by atoms with van der Waals surface area (Å²) in [6.07, 6.45) is 2.62. The lowest BCUT2D eigenvalue weighted by molar-refractivity contribution is 0.747. The maximum atomic E-state index is 8.99. The van der Waals surface area contributed by atoms with Crippen LogP contribution >= 0.6 is 11.5 Å². The van der Waals surface area contributed by atoms with E-state index in [0.29, 0.717) is 11.4 Å². The third-order valence-corrected chi connectivity index (χ3v) is 3.58. The third-order valence-electron chi connectivity index (χ3n) is 2.66. The molecule has 1 aromatic heterocycles. The van der Waals surface area contributed by atoms with Gasteiger partial charge in [-0.3, -0.25) is 0 Å². The molecule has 0 saturated heterocycles. The lowest BCUT2D eigenvalue weighted by atomic mass is 10.3. The van der Waals surface area contributed by atoms with Gasteiger partial charge in [0, 0.05) is 13.1 Å². The molecule has 4 nitrogen and oxygen atoms in total. The number of nitriles is 1. The van der Waals surface area contributed by atoms with Crippen molar-refractivity contribution in [1.82, 2.24) is 4.37 Å². The molecule has 2 N–H and O–H groups in total. The maximum absolute atomic E-state index is 8.99. The normalized spacial score (nSPS) is 14.9. The molecule has 1 aromatic rings. The molecule has 0 aromatic carbocycles. The Morgan fingerprint density at radius 1 is 1.67 bits per heavy atom. The summed E-state index contributed by atoms with van der Waals surface area (Å²) in [5.41, 5.74) is 6.18.